The van der Waals surface area contributed by atoms with E-state index in [1.165, 1.54) is 15.9 Å². The van der Waals surface area contributed by atoms with Crippen LogP contribution in [-0.4, -0.2) is 41.0 Å². The van der Waals surface area contributed by atoms with Crippen LogP contribution in [0.1, 0.15) is 19.5 Å². The number of pyridine rings is 1. The minimum atomic E-state index is -4.57. The van der Waals surface area contributed by atoms with E-state index in [0.29, 0.717) is 17.2 Å². The molecule has 0 aliphatic carbocycles. The van der Waals surface area contributed by atoms with Crippen LogP contribution in [0, 0.1) is 5.92 Å². The Bertz CT molecular complexity index is 1220. The first-order valence-corrected chi connectivity index (χ1v) is 11.4. The lowest BCUT2D eigenvalue weighted by Gasteiger charge is -2.25. The third kappa shape index (κ3) is 5.76. The van der Waals surface area contributed by atoms with Gasteiger partial charge in [-0.3, -0.25) is 9.69 Å². The largest absolute Gasteiger partial charge is 0.457 e. The summed E-state index contributed by atoms with van der Waals surface area (Å²) >= 11 is 0. The van der Waals surface area contributed by atoms with Crippen molar-refractivity contribution in [3.63, 3.8) is 0 Å². The number of urea groups is 1. The van der Waals surface area contributed by atoms with Gasteiger partial charge in [-0.15, -0.1) is 0 Å². The zero-order valence-electron chi connectivity index (χ0n) is 19.7. The van der Waals surface area contributed by atoms with Gasteiger partial charge in [-0.1, -0.05) is 38.1 Å². The second kappa shape index (κ2) is 10.3. The smallest absolute Gasteiger partial charge is 0.433 e. The lowest BCUT2D eigenvalue weighted by atomic mass is 10.0. The number of anilines is 2. The van der Waals surface area contributed by atoms with Crippen molar-refractivity contribution in [2.45, 2.75) is 26.1 Å². The first-order chi connectivity index (χ1) is 17.1. The van der Waals surface area contributed by atoms with Crippen LogP contribution in [0.3, 0.4) is 0 Å². The van der Waals surface area contributed by atoms with Crippen LogP contribution in [0.5, 0.6) is 11.5 Å². The maximum atomic E-state index is 13.1. The van der Waals surface area contributed by atoms with Crippen LogP contribution in [0.4, 0.5) is 29.3 Å². The topological polar surface area (TPSA) is 74.8 Å². The fourth-order valence-corrected chi connectivity index (χ4v) is 3.96. The minimum absolute atomic E-state index is 0.0109. The summed E-state index contributed by atoms with van der Waals surface area (Å²) in [5.41, 5.74) is -0.287. The second-order valence-corrected chi connectivity index (χ2v) is 8.72. The average Bonchev–Trinajstić information content (AvgIpc) is 3.15. The molecule has 10 heteroatoms. The van der Waals surface area contributed by atoms with Gasteiger partial charge in [0.05, 0.1) is 17.9 Å². The number of benzene rings is 2. The van der Waals surface area contributed by atoms with Crippen LogP contribution in [0.25, 0.3) is 0 Å². The van der Waals surface area contributed by atoms with Crippen molar-refractivity contribution < 1.29 is 27.5 Å². The molecule has 188 valence electrons. The van der Waals surface area contributed by atoms with E-state index >= 15 is 0 Å². The van der Waals surface area contributed by atoms with E-state index in [-0.39, 0.29) is 30.7 Å². The lowest BCUT2D eigenvalue weighted by molar-refractivity contribution is -0.141. The quantitative estimate of drug-likeness (QED) is 0.447. The van der Waals surface area contributed by atoms with Gasteiger partial charge in [0.25, 0.3) is 0 Å². The third-order valence-electron chi connectivity index (χ3n) is 5.78. The second-order valence-electron chi connectivity index (χ2n) is 8.72. The molecule has 3 amide bonds. The maximum absolute atomic E-state index is 13.1. The number of aromatic nitrogens is 1. The standard InChI is InChI=1S/C26H25F3N4O3/c1-17(2)22-15-32(19-11-12-23(30-14-19)26(27,28)29)25(35)33(22)16-24(34)31-18-7-6-10-21(13-18)36-20-8-4-3-5-9-20/h3-14,17,22H,15-16H2,1-2H3,(H,31,34)/t22-/m1/s1. The van der Waals surface area contributed by atoms with Crippen molar-refractivity contribution in [2.75, 3.05) is 23.3 Å². The average molecular weight is 499 g/mol. The van der Waals surface area contributed by atoms with Crippen molar-refractivity contribution in [1.82, 2.24) is 9.88 Å². The van der Waals surface area contributed by atoms with Crippen LogP contribution in [0.15, 0.2) is 72.9 Å². The van der Waals surface area contributed by atoms with Gasteiger partial charge in [-0.05, 0) is 42.3 Å². The number of nitrogens with zero attached hydrogens (tertiary/aromatic N) is 3. The Morgan fingerprint density at radius 2 is 1.81 bits per heavy atom. The Balaban J connectivity index is 1.44. The maximum Gasteiger partial charge on any atom is 0.433 e. The zero-order chi connectivity index (χ0) is 25.9. The highest BCUT2D eigenvalue weighted by Crippen LogP contribution is 2.31. The van der Waals surface area contributed by atoms with Crippen LogP contribution >= 0.6 is 0 Å². The highest BCUT2D eigenvalue weighted by Gasteiger charge is 2.41. The molecule has 0 saturated carbocycles. The number of halogens is 3. The van der Waals surface area contributed by atoms with Gasteiger partial charge >= 0.3 is 12.2 Å². The van der Waals surface area contributed by atoms with E-state index < -0.39 is 23.8 Å². The molecule has 36 heavy (non-hydrogen) atoms. The molecule has 1 atom stereocenters. The Hall–Kier alpha value is -4.08. The van der Waals surface area contributed by atoms with E-state index in [0.717, 1.165) is 12.3 Å². The van der Waals surface area contributed by atoms with Gasteiger partial charge in [0.15, 0.2) is 0 Å². The Kier molecular flexibility index (Phi) is 7.14. The summed E-state index contributed by atoms with van der Waals surface area (Å²) in [6, 6.07) is 17.4. The van der Waals surface area contributed by atoms with Gasteiger partial charge in [0.2, 0.25) is 5.91 Å². The Morgan fingerprint density at radius 1 is 1.08 bits per heavy atom. The third-order valence-corrected chi connectivity index (χ3v) is 5.78. The molecule has 1 aliphatic rings. The summed E-state index contributed by atoms with van der Waals surface area (Å²) < 4.78 is 44.4. The number of hydrogen-bond donors (Lipinski definition) is 1. The summed E-state index contributed by atoms with van der Waals surface area (Å²) in [6.07, 6.45) is -3.54. The Labute approximate surface area is 206 Å². The molecule has 0 unspecified atom stereocenters. The summed E-state index contributed by atoms with van der Waals surface area (Å²) in [5.74, 6) is 0.800. The SMILES string of the molecule is CC(C)[C@H]1CN(c2ccc(C(F)(F)F)nc2)C(=O)N1CC(=O)Nc1cccc(Oc2ccccc2)c1. The van der Waals surface area contributed by atoms with Gasteiger partial charge in [0.1, 0.15) is 23.7 Å². The normalized spacial score (nSPS) is 15.9. The van der Waals surface area contributed by atoms with Crippen molar-refractivity contribution in [3.05, 3.63) is 78.6 Å². The first kappa shape index (κ1) is 25.0. The summed E-state index contributed by atoms with van der Waals surface area (Å²) in [7, 11) is 0. The number of para-hydroxylation sites is 1. The fourth-order valence-electron chi connectivity index (χ4n) is 3.96. The molecule has 0 spiro atoms. The predicted molar refractivity (Wildman–Crippen MR) is 129 cm³/mol. The molecule has 2 heterocycles. The number of alkyl halides is 3. The number of carbonyl (C=O) groups is 2. The van der Waals surface area contributed by atoms with Crippen molar-refractivity contribution in [1.29, 1.82) is 0 Å². The van der Waals surface area contributed by atoms with Gasteiger partial charge in [-0.25, -0.2) is 9.78 Å². The highest BCUT2D eigenvalue weighted by molar-refractivity contribution is 5.99. The van der Waals surface area contributed by atoms with Crippen LogP contribution in [0.2, 0.25) is 0 Å². The van der Waals surface area contributed by atoms with Crippen LogP contribution in [-0.2, 0) is 11.0 Å². The molecular weight excluding hydrogens is 473 g/mol. The number of hydrogen-bond acceptors (Lipinski definition) is 4. The molecule has 2 aromatic carbocycles. The first-order valence-electron chi connectivity index (χ1n) is 11.4. The van der Waals surface area contributed by atoms with E-state index in [9.17, 15) is 22.8 Å². The number of amides is 3. The molecule has 3 aromatic rings. The lowest BCUT2D eigenvalue weighted by Crippen LogP contribution is -2.42. The summed E-state index contributed by atoms with van der Waals surface area (Å²) in [5, 5.41) is 2.79. The van der Waals surface area contributed by atoms with Crippen molar-refractivity contribution >= 4 is 23.3 Å². The highest BCUT2D eigenvalue weighted by atomic mass is 19.4. The van der Waals surface area contributed by atoms with Gasteiger partial charge in [0, 0.05) is 18.3 Å². The minimum Gasteiger partial charge on any atom is -0.457 e. The zero-order valence-corrected chi connectivity index (χ0v) is 19.7. The molecule has 1 aromatic heterocycles. The fraction of sp³-hybridized carbons (Fsp3) is 0.269. The van der Waals surface area contributed by atoms with E-state index in [1.807, 2.05) is 44.2 Å². The number of rotatable bonds is 7. The molecule has 0 radical (unpaired) electrons. The molecule has 1 fully saturated rings. The van der Waals surface area contributed by atoms with Crippen LogP contribution < -0.4 is 15.0 Å². The summed E-state index contributed by atoms with van der Waals surface area (Å²) in [4.78, 5) is 32.2. The van der Waals surface area contributed by atoms with E-state index in [4.69, 9.17) is 4.74 Å². The number of carbonyl (C=O) groups excluding carboxylic acids is 2. The van der Waals surface area contributed by atoms with Gasteiger partial charge in [-0.2, -0.15) is 13.2 Å². The molecule has 1 saturated heterocycles. The predicted octanol–water partition coefficient (Wildman–Crippen LogP) is 5.80. The molecule has 0 bridgehead atoms. The van der Waals surface area contributed by atoms with Gasteiger partial charge < -0.3 is 15.0 Å². The molecular formula is C26H25F3N4O3. The molecule has 4 rings (SSSR count). The van der Waals surface area contributed by atoms with E-state index in [2.05, 4.69) is 10.3 Å². The van der Waals surface area contributed by atoms with Crippen molar-refractivity contribution in [3.8, 4) is 11.5 Å². The monoisotopic (exact) mass is 498 g/mol. The number of ether oxygens (including phenoxy) is 1. The van der Waals surface area contributed by atoms with Crippen molar-refractivity contribution in [2.24, 2.45) is 5.92 Å². The summed E-state index contributed by atoms with van der Waals surface area (Å²) in [6.45, 7) is 3.86. The molecule has 7 nitrogen and oxygen atoms in total. The number of nitrogens with one attached hydrogen (secondary N) is 1. The molecule has 1 N–H and O–H groups in total. The Morgan fingerprint density at radius 3 is 2.44 bits per heavy atom. The molecule has 1 aliphatic heterocycles. The van der Waals surface area contributed by atoms with E-state index in [1.54, 1.807) is 24.3 Å².